The Hall–Kier alpha value is -3.44. The van der Waals surface area contributed by atoms with Crippen LogP contribution in [0.3, 0.4) is 0 Å². The molecule has 0 saturated heterocycles. The van der Waals surface area contributed by atoms with Crippen LogP contribution in [-0.2, 0) is 13.0 Å². The molecule has 0 spiro atoms. The highest BCUT2D eigenvalue weighted by molar-refractivity contribution is 5.96. The van der Waals surface area contributed by atoms with Crippen molar-refractivity contribution in [3.63, 3.8) is 0 Å². The van der Waals surface area contributed by atoms with Crippen LogP contribution in [0.4, 0.5) is 0 Å². The van der Waals surface area contributed by atoms with E-state index in [1.165, 1.54) is 5.56 Å². The second-order valence-corrected chi connectivity index (χ2v) is 6.68. The maximum Gasteiger partial charge on any atom is 0.248 e. The molecule has 5 nitrogen and oxygen atoms in total. The highest BCUT2D eigenvalue weighted by atomic mass is 16.1. The third-order valence-electron chi connectivity index (χ3n) is 4.74. The molecular weight excluding hydrogens is 348 g/mol. The number of carbonyl (C=O) groups excluding carboxylic acids is 1. The maximum absolute atomic E-state index is 11.5. The second kappa shape index (κ2) is 8.06. The summed E-state index contributed by atoms with van der Waals surface area (Å²) in [6.07, 6.45) is 0.957. The molecule has 140 valence electrons. The first kappa shape index (κ1) is 17.9. The lowest BCUT2D eigenvalue weighted by atomic mass is 10.1. The second-order valence-electron chi connectivity index (χ2n) is 6.68. The van der Waals surface area contributed by atoms with Gasteiger partial charge < -0.3 is 11.1 Å². The van der Waals surface area contributed by atoms with Crippen LogP contribution in [0.25, 0.3) is 16.7 Å². The van der Waals surface area contributed by atoms with Crippen molar-refractivity contribution in [3.05, 3.63) is 95.8 Å². The van der Waals surface area contributed by atoms with E-state index in [9.17, 15) is 4.79 Å². The first-order chi connectivity index (χ1) is 13.7. The lowest BCUT2D eigenvalue weighted by Crippen LogP contribution is -2.19. The number of nitrogens with one attached hydrogen (secondary N) is 1. The van der Waals surface area contributed by atoms with Crippen molar-refractivity contribution in [2.45, 2.75) is 13.0 Å². The molecule has 3 N–H and O–H groups in total. The molecule has 1 amide bonds. The normalized spacial score (nSPS) is 11.0. The summed E-state index contributed by atoms with van der Waals surface area (Å²) in [5, 5.41) is 3.48. The van der Waals surface area contributed by atoms with Crippen molar-refractivity contribution < 1.29 is 4.79 Å². The molecule has 0 radical (unpaired) electrons. The molecule has 0 aliphatic carbocycles. The molecule has 0 atom stereocenters. The molecule has 0 fully saturated rings. The van der Waals surface area contributed by atoms with Gasteiger partial charge in [-0.3, -0.25) is 9.36 Å². The third-order valence-corrected chi connectivity index (χ3v) is 4.74. The third kappa shape index (κ3) is 3.80. The van der Waals surface area contributed by atoms with E-state index in [0.29, 0.717) is 12.1 Å². The van der Waals surface area contributed by atoms with Crippen LogP contribution in [0.15, 0.2) is 78.9 Å². The number of hydrogen-bond acceptors (Lipinski definition) is 3. The highest BCUT2D eigenvalue weighted by Crippen LogP contribution is 2.22. The number of fused-ring (bicyclic) bond motifs is 1. The van der Waals surface area contributed by atoms with Crippen LogP contribution in [-0.4, -0.2) is 22.0 Å². The van der Waals surface area contributed by atoms with Crippen molar-refractivity contribution in [3.8, 4) is 5.69 Å². The van der Waals surface area contributed by atoms with Gasteiger partial charge in [0.1, 0.15) is 5.82 Å². The van der Waals surface area contributed by atoms with E-state index in [1.54, 1.807) is 12.1 Å². The maximum atomic E-state index is 11.5. The molecule has 1 aromatic heterocycles. The van der Waals surface area contributed by atoms with Crippen molar-refractivity contribution in [1.82, 2.24) is 14.9 Å². The average molecular weight is 370 g/mol. The smallest absolute Gasteiger partial charge is 0.248 e. The number of imidazole rings is 1. The van der Waals surface area contributed by atoms with Crippen LogP contribution in [0.1, 0.15) is 21.7 Å². The summed E-state index contributed by atoms with van der Waals surface area (Å²) >= 11 is 0. The molecule has 4 aromatic rings. The fourth-order valence-corrected chi connectivity index (χ4v) is 3.34. The van der Waals surface area contributed by atoms with Crippen LogP contribution < -0.4 is 11.1 Å². The molecule has 1 heterocycles. The van der Waals surface area contributed by atoms with Crippen molar-refractivity contribution in [2.75, 3.05) is 6.54 Å². The zero-order chi connectivity index (χ0) is 19.3. The van der Waals surface area contributed by atoms with Crippen LogP contribution in [0.2, 0.25) is 0 Å². The van der Waals surface area contributed by atoms with Gasteiger partial charge in [0.15, 0.2) is 0 Å². The van der Waals surface area contributed by atoms with Gasteiger partial charge in [-0.1, -0.05) is 48.5 Å². The topological polar surface area (TPSA) is 72.9 Å². The Morgan fingerprint density at radius 3 is 2.39 bits per heavy atom. The van der Waals surface area contributed by atoms with Gasteiger partial charge in [0, 0.05) is 11.3 Å². The zero-order valence-electron chi connectivity index (χ0n) is 15.5. The van der Waals surface area contributed by atoms with Gasteiger partial charge in [-0.05, 0) is 48.9 Å². The molecule has 0 unspecified atom stereocenters. The van der Waals surface area contributed by atoms with E-state index in [0.717, 1.165) is 35.5 Å². The summed E-state index contributed by atoms with van der Waals surface area (Å²) < 4.78 is 2.12. The Morgan fingerprint density at radius 1 is 0.964 bits per heavy atom. The largest absolute Gasteiger partial charge is 0.366 e. The number of para-hydroxylation sites is 1. The monoisotopic (exact) mass is 370 g/mol. The molecule has 0 saturated carbocycles. The Morgan fingerprint density at radius 2 is 1.68 bits per heavy atom. The van der Waals surface area contributed by atoms with Gasteiger partial charge in [-0.25, -0.2) is 4.98 Å². The molecule has 0 aliphatic heterocycles. The lowest BCUT2D eigenvalue weighted by Gasteiger charge is -2.10. The van der Waals surface area contributed by atoms with Crippen LogP contribution >= 0.6 is 0 Å². The SMILES string of the molecule is NC(=O)c1ccc2c(c1)nc(CNCCc1ccccc1)n2-c1ccccc1. The van der Waals surface area contributed by atoms with Gasteiger partial charge in [-0.15, -0.1) is 0 Å². The van der Waals surface area contributed by atoms with E-state index < -0.39 is 5.91 Å². The van der Waals surface area contributed by atoms with E-state index in [1.807, 2.05) is 30.3 Å². The quantitative estimate of drug-likeness (QED) is 0.489. The number of nitrogens with zero attached hydrogens (tertiary/aromatic N) is 2. The summed E-state index contributed by atoms with van der Waals surface area (Å²) in [7, 11) is 0. The predicted molar refractivity (Wildman–Crippen MR) is 111 cm³/mol. The minimum atomic E-state index is -0.446. The minimum absolute atomic E-state index is 0.446. The molecular formula is C23H22N4O. The average Bonchev–Trinajstić information content (AvgIpc) is 3.10. The molecule has 0 aliphatic rings. The molecule has 0 bridgehead atoms. The number of hydrogen-bond donors (Lipinski definition) is 2. The van der Waals surface area contributed by atoms with Crippen molar-refractivity contribution in [2.24, 2.45) is 5.73 Å². The molecule has 4 rings (SSSR count). The lowest BCUT2D eigenvalue weighted by molar-refractivity contribution is 0.100. The minimum Gasteiger partial charge on any atom is -0.366 e. The fourth-order valence-electron chi connectivity index (χ4n) is 3.34. The number of aromatic nitrogens is 2. The standard InChI is InChI=1S/C23H22N4O/c24-23(28)18-11-12-21-20(15-18)26-22(27(21)19-9-5-2-6-10-19)16-25-14-13-17-7-3-1-4-8-17/h1-12,15,25H,13-14,16H2,(H2,24,28). The number of amides is 1. The van der Waals surface area contributed by atoms with Gasteiger partial charge in [-0.2, -0.15) is 0 Å². The first-order valence-corrected chi connectivity index (χ1v) is 9.33. The van der Waals surface area contributed by atoms with E-state index in [4.69, 9.17) is 10.7 Å². The molecule has 3 aromatic carbocycles. The van der Waals surface area contributed by atoms with E-state index >= 15 is 0 Å². The summed E-state index contributed by atoms with van der Waals surface area (Å²) in [6.45, 7) is 1.48. The summed E-state index contributed by atoms with van der Waals surface area (Å²) in [6, 6.07) is 25.9. The number of primary amides is 1. The van der Waals surface area contributed by atoms with E-state index in [-0.39, 0.29) is 0 Å². The molecule has 28 heavy (non-hydrogen) atoms. The first-order valence-electron chi connectivity index (χ1n) is 9.33. The highest BCUT2D eigenvalue weighted by Gasteiger charge is 2.13. The van der Waals surface area contributed by atoms with Gasteiger partial charge >= 0.3 is 0 Å². The summed E-state index contributed by atoms with van der Waals surface area (Å²) in [5.41, 5.74) is 9.96. The van der Waals surface area contributed by atoms with Crippen LogP contribution in [0.5, 0.6) is 0 Å². The molecule has 5 heteroatoms. The van der Waals surface area contributed by atoms with Crippen molar-refractivity contribution >= 4 is 16.9 Å². The number of benzene rings is 3. The Bertz CT molecular complexity index is 1090. The van der Waals surface area contributed by atoms with Crippen molar-refractivity contribution in [1.29, 1.82) is 0 Å². The van der Waals surface area contributed by atoms with E-state index in [2.05, 4.69) is 46.3 Å². The zero-order valence-corrected chi connectivity index (χ0v) is 15.5. The number of carbonyl (C=O) groups is 1. The van der Waals surface area contributed by atoms with Gasteiger partial charge in [0.05, 0.1) is 17.6 Å². The summed E-state index contributed by atoms with van der Waals surface area (Å²) in [4.78, 5) is 16.3. The Labute approximate surface area is 163 Å². The Balaban J connectivity index is 1.61. The fraction of sp³-hybridized carbons (Fsp3) is 0.130. The van der Waals surface area contributed by atoms with Gasteiger partial charge in [0.25, 0.3) is 0 Å². The Kier molecular flexibility index (Phi) is 5.17. The number of rotatable bonds is 7. The van der Waals surface area contributed by atoms with Crippen LogP contribution in [0, 0.1) is 0 Å². The van der Waals surface area contributed by atoms with Gasteiger partial charge in [0.2, 0.25) is 5.91 Å². The summed E-state index contributed by atoms with van der Waals surface area (Å²) in [5.74, 6) is 0.453. The predicted octanol–water partition coefficient (Wildman–Crippen LogP) is 3.46. The number of nitrogens with two attached hydrogens (primary N) is 1.